The van der Waals surface area contributed by atoms with Crippen molar-refractivity contribution in [3.8, 4) is 6.07 Å². The van der Waals surface area contributed by atoms with E-state index in [1.807, 2.05) is 42.5 Å². The van der Waals surface area contributed by atoms with Crippen molar-refractivity contribution in [2.24, 2.45) is 29.1 Å². The van der Waals surface area contributed by atoms with Crippen molar-refractivity contribution in [1.29, 1.82) is 5.26 Å². The summed E-state index contributed by atoms with van der Waals surface area (Å²) in [4.78, 5) is 4.56. The molecule has 1 saturated carbocycles. The minimum Gasteiger partial charge on any atom is -0.401 e. The summed E-state index contributed by atoms with van der Waals surface area (Å²) in [6.07, 6.45) is 9.39. The first-order valence-corrected chi connectivity index (χ1v) is 11.8. The normalized spacial score (nSPS) is 15.4. The van der Waals surface area contributed by atoms with Crippen LogP contribution in [0.2, 0.25) is 0 Å². The number of aromatic nitrogens is 1. The summed E-state index contributed by atoms with van der Waals surface area (Å²) < 4.78 is 0. The Bertz CT molecular complexity index is 1050. The molecule has 0 saturated heterocycles. The molecular weight excluding hydrogens is 424 g/mol. The zero-order chi connectivity index (χ0) is 24.5. The quantitative estimate of drug-likeness (QED) is 0.330. The average Bonchev–Trinajstić information content (AvgIpc) is 2.83. The SMILES string of the molecule is CN(N)/C(CN(N)/C=C(\N)Cc1ccccc1)=C(\N)c1ccc(CC2CCCCC2)c(C#N)n1. The third-order valence-corrected chi connectivity index (χ3v) is 6.25. The van der Waals surface area contributed by atoms with Crippen molar-refractivity contribution in [3.63, 3.8) is 0 Å². The summed E-state index contributed by atoms with van der Waals surface area (Å²) in [6, 6.07) is 16.0. The van der Waals surface area contributed by atoms with Crippen LogP contribution >= 0.6 is 0 Å². The zero-order valence-corrected chi connectivity index (χ0v) is 20.0. The van der Waals surface area contributed by atoms with E-state index in [1.54, 1.807) is 13.2 Å². The molecule has 1 aromatic carbocycles. The van der Waals surface area contributed by atoms with Gasteiger partial charge >= 0.3 is 0 Å². The van der Waals surface area contributed by atoms with Gasteiger partial charge in [-0.3, -0.25) is 0 Å². The summed E-state index contributed by atoms with van der Waals surface area (Å²) in [5.74, 6) is 12.9. The van der Waals surface area contributed by atoms with Crippen LogP contribution in [0.25, 0.3) is 5.70 Å². The van der Waals surface area contributed by atoms with Crippen molar-refractivity contribution in [3.05, 3.63) is 82.6 Å². The molecule has 1 aliphatic carbocycles. The number of benzene rings is 1. The number of nitriles is 1. The largest absolute Gasteiger partial charge is 0.401 e. The first-order valence-electron chi connectivity index (χ1n) is 11.8. The zero-order valence-electron chi connectivity index (χ0n) is 20.0. The Morgan fingerprint density at radius 2 is 1.79 bits per heavy atom. The van der Waals surface area contributed by atoms with Gasteiger partial charge in [0, 0.05) is 25.4 Å². The number of pyridine rings is 1. The molecule has 2 aromatic rings. The third kappa shape index (κ3) is 6.98. The molecule has 1 aromatic heterocycles. The Morgan fingerprint density at radius 3 is 2.44 bits per heavy atom. The molecule has 34 heavy (non-hydrogen) atoms. The van der Waals surface area contributed by atoms with Crippen molar-refractivity contribution in [2.75, 3.05) is 13.6 Å². The summed E-state index contributed by atoms with van der Waals surface area (Å²) in [6.45, 7) is 0.224. The lowest BCUT2D eigenvalue weighted by Gasteiger charge is -2.24. The molecule has 0 spiro atoms. The molecule has 1 fully saturated rings. The molecule has 0 unspecified atom stereocenters. The van der Waals surface area contributed by atoms with Gasteiger partial charge in [0.15, 0.2) is 0 Å². The van der Waals surface area contributed by atoms with Gasteiger partial charge in [-0.1, -0.05) is 68.5 Å². The maximum absolute atomic E-state index is 9.71. The Kier molecular flexibility index (Phi) is 8.91. The van der Waals surface area contributed by atoms with E-state index in [1.165, 1.54) is 42.1 Å². The highest BCUT2D eigenvalue weighted by atomic mass is 15.4. The maximum Gasteiger partial charge on any atom is 0.144 e. The molecule has 1 heterocycles. The second-order valence-electron chi connectivity index (χ2n) is 9.03. The van der Waals surface area contributed by atoms with Crippen LogP contribution in [-0.2, 0) is 12.8 Å². The fourth-order valence-corrected chi connectivity index (χ4v) is 4.45. The number of rotatable bonds is 9. The highest BCUT2D eigenvalue weighted by molar-refractivity contribution is 5.63. The van der Waals surface area contributed by atoms with E-state index >= 15 is 0 Å². The van der Waals surface area contributed by atoms with Crippen LogP contribution in [0.15, 0.2) is 60.1 Å². The molecule has 0 atom stereocenters. The van der Waals surface area contributed by atoms with Gasteiger partial charge in [0.2, 0.25) is 0 Å². The molecule has 8 N–H and O–H groups in total. The van der Waals surface area contributed by atoms with Crippen LogP contribution in [0.3, 0.4) is 0 Å². The van der Waals surface area contributed by atoms with Gasteiger partial charge in [-0.05, 0) is 29.5 Å². The van der Waals surface area contributed by atoms with E-state index < -0.39 is 0 Å². The maximum atomic E-state index is 9.71. The van der Waals surface area contributed by atoms with Crippen molar-refractivity contribution < 1.29 is 0 Å². The van der Waals surface area contributed by atoms with Crippen LogP contribution in [0.4, 0.5) is 0 Å². The first kappa shape index (κ1) is 25.1. The fraction of sp³-hybridized carbons (Fsp3) is 0.385. The van der Waals surface area contributed by atoms with Crippen LogP contribution in [0.5, 0.6) is 0 Å². The van der Waals surface area contributed by atoms with E-state index in [9.17, 15) is 5.26 Å². The van der Waals surface area contributed by atoms with Crippen LogP contribution in [-0.4, -0.2) is 28.6 Å². The second kappa shape index (κ2) is 12.1. The molecule has 0 aliphatic heterocycles. The lowest BCUT2D eigenvalue weighted by atomic mass is 9.84. The Hall–Kier alpha value is -3.54. The highest BCUT2D eigenvalue weighted by Gasteiger charge is 2.18. The second-order valence-corrected chi connectivity index (χ2v) is 9.03. The monoisotopic (exact) mass is 460 g/mol. The highest BCUT2D eigenvalue weighted by Crippen LogP contribution is 2.28. The summed E-state index contributed by atoms with van der Waals surface area (Å²) in [5.41, 5.74) is 17.2. The van der Waals surface area contributed by atoms with Gasteiger partial charge in [-0.2, -0.15) is 5.26 Å². The average molecular weight is 461 g/mol. The van der Waals surface area contributed by atoms with Gasteiger partial charge in [-0.15, -0.1) is 0 Å². The van der Waals surface area contributed by atoms with Gasteiger partial charge in [0.25, 0.3) is 0 Å². The lowest BCUT2D eigenvalue weighted by molar-refractivity contribution is 0.345. The number of allylic oxidation sites excluding steroid dienone is 1. The molecule has 0 radical (unpaired) electrons. The minimum atomic E-state index is 0.224. The molecule has 8 heteroatoms. The van der Waals surface area contributed by atoms with E-state index in [-0.39, 0.29) is 6.54 Å². The molecule has 180 valence electrons. The number of hydrogen-bond acceptors (Lipinski definition) is 8. The summed E-state index contributed by atoms with van der Waals surface area (Å²) in [5, 5.41) is 12.6. The number of nitrogens with two attached hydrogens (primary N) is 4. The molecule has 0 bridgehead atoms. The van der Waals surface area contributed by atoms with E-state index in [0.29, 0.717) is 40.8 Å². The first-order chi connectivity index (χ1) is 16.4. The van der Waals surface area contributed by atoms with Crippen molar-refractivity contribution >= 4 is 5.70 Å². The Morgan fingerprint density at radius 1 is 1.09 bits per heavy atom. The number of hydrazine groups is 2. The number of likely N-dealkylation sites (N-methyl/N-ethyl adjacent to an activating group) is 1. The predicted molar refractivity (Wildman–Crippen MR) is 136 cm³/mol. The minimum absolute atomic E-state index is 0.224. The molecule has 1 aliphatic rings. The van der Waals surface area contributed by atoms with Gasteiger partial charge in [0.1, 0.15) is 11.8 Å². The van der Waals surface area contributed by atoms with Crippen LogP contribution < -0.4 is 23.2 Å². The molecule has 8 nitrogen and oxygen atoms in total. The smallest absolute Gasteiger partial charge is 0.144 e. The van der Waals surface area contributed by atoms with Gasteiger partial charge in [-0.25, -0.2) is 16.7 Å². The standard InChI is InChI=1S/C26H36N8/c1-33(30)25(18-34(31)17-22(28)15-20-10-6-3-7-11-20)26(29)23-13-12-21(24(16-27)32-23)14-19-8-4-2-5-9-19/h3,6-7,10-13,17,19H,2,4-5,8-9,14-15,18,28-31H2,1H3/b22-17-,26-25-. The van der Waals surface area contributed by atoms with Crippen molar-refractivity contribution in [2.45, 2.75) is 44.9 Å². The van der Waals surface area contributed by atoms with Gasteiger partial charge in [0.05, 0.1) is 23.6 Å². The van der Waals surface area contributed by atoms with E-state index in [0.717, 1.165) is 17.5 Å². The van der Waals surface area contributed by atoms with Crippen molar-refractivity contribution in [1.82, 2.24) is 15.0 Å². The summed E-state index contributed by atoms with van der Waals surface area (Å²) >= 11 is 0. The predicted octanol–water partition coefficient (Wildman–Crippen LogP) is 2.73. The van der Waals surface area contributed by atoms with Gasteiger partial charge < -0.3 is 21.5 Å². The third-order valence-electron chi connectivity index (χ3n) is 6.25. The number of nitrogens with zero attached hydrogens (tertiary/aromatic N) is 4. The van der Waals surface area contributed by atoms with Crippen LogP contribution in [0.1, 0.15) is 54.6 Å². The molecule has 3 rings (SSSR count). The summed E-state index contributed by atoms with van der Waals surface area (Å²) in [7, 11) is 1.69. The Labute approximate surface area is 202 Å². The Balaban J connectivity index is 1.77. The lowest BCUT2D eigenvalue weighted by Crippen LogP contribution is -2.38. The van der Waals surface area contributed by atoms with E-state index in [2.05, 4.69) is 11.1 Å². The molecule has 0 amide bonds. The van der Waals surface area contributed by atoms with E-state index in [4.69, 9.17) is 23.2 Å². The fourth-order valence-electron chi connectivity index (χ4n) is 4.45. The topological polar surface area (TPSA) is 147 Å². The molecular formula is C26H36N8. The van der Waals surface area contributed by atoms with Crippen LogP contribution in [0, 0.1) is 17.2 Å². The number of hydrogen-bond donors (Lipinski definition) is 4.